The standard InChI is InChI=1S/C28H27N3O4/c1-30-16-21(18-9-7-8-12-23(18)30)26-25(19-10-5-6-11-20(19)28(33)31(26)2)27(32)29-22-14-13-17(34-3)15-24(22)35-4/h5-16,25-26H,1-4H3,(H,29,32). The maximum atomic E-state index is 14.0. The minimum atomic E-state index is -0.633. The second-order valence-corrected chi connectivity index (χ2v) is 8.69. The second kappa shape index (κ2) is 8.83. The third kappa shape index (κ3) is 3.69. The van der Waals surface area contributed by atoms with Gasteiger partial charge in [0.2, 0.25) is 5.91 Å². The topological polar surface area (TPSA) is 72.8 Å². The lowest BCUT2D eigenvalue weighted by Gasteiger charge is -2.39. The number of methoxy groups -OCH3 is 2. The Morgan fingerprint density at radius 3 is 2.43 bits per heavy atom. The molecule has 5 rings (SSSR count). The first-order valence-electron chi connectivity index (χ1n) is 11.4. The van der Waals surface area contributed by atoms with Gasteiger partial charge in [0.15, 0.2) is 0 Å². The number of benzene rings is 3. The van der Waals surface area contributed by atoms with Crippen LogP contribution in [-0.4, -0.2) is 42.5 Å². The zero-order valence-corrected chi connectivity index (χ0v) is 20.1. The number of amides is 2. The van der Waals surface area contributed by atoms with Gasteiger partial charge in [-0.2, -0.15) is 0 Å². The fourth-order valence-corrected chi connectivity index (χ4v) is 5.07. The SMILES string of the molecule is COc1ccc(NC(=O)C2c3ccccc3C(=O)N(C)C2c2cn(C)c3ccccc23)c(OC)c1. The molecule has 0 bridgehead atoms. The highest BCUT2D eigenvalue weighted by molar-refractivity contribution is 6.05. The van der Waals surface area contributed by atoms with E-state index in [1.54, 1.807) is 50.4 Å². The summed E-state index contributed by atoms with van der Waals surface area (Å²) in [5.74, 6) is 0.157. The number of aromatic nitrogens is 1. The van der Waals surface area contributed by atoms with Gasteiger partial charge in [0, 0.05) is 48.4 Å². The van der Waals surface area contributed by atoms with E-state index in [0.29, 0.717) is 28.3 Å². The largest absolute Gasteiger partial charge is 0.497 e. The molecule has 0 spiro atoms. The molecule has 2 amide bonds. The predicted molar refractivity (Wildman–Crippen MR) is 135 cm³/mol. The van der Waals surface area contributed by atoms with Crippen molar-refractivity contribution < 1.29 is 19.1 Å². The molecule has 0 saturated carbocycles. The van der Waals surface area contributed by atoms with E-state index in [1.807, 2.05) is 60.3 Å². The van der Waals surface area contributed by atoms with E-state index >= 15 is 0 Å². The summed E-state index contributed by atoms with van der Waals surface area (Å²) in [5.41, 5.74) is 3.74. The van der Waals surface area contributed by atoms with E-state index in [9.17, 15) is 9.59 Å². The van der Waals surface area contributed by atoms with Crippen LogP contribution in [0.15, 0.2) is 72.9 Å². The van der Waals surface area contributed by atoms with Crippen molar-refractivity contribution in [3.8, 4) is 11.5 Å². The van der Waals surface area contributed by atoms with Crippen LogP contribution in [0.2, 0.25) is 0 Å². The van der Waals surface area contributed by atoms with Crippen LogP contribution in [0.25, 0.3) is 10.9 Å². The Bertz CT molecular complexity index is 1440. The molecule has 7 nitrogen and oxygen atoms in total. The second-order valence-electron chi connectivity index (χ2n) is 8.69. The van der Waals surface area contributed by atoms with E-state index in [-0.39, 0.29) is 11.8 Å². The maximum absolute atomic E-state index is 14.0. The number of hydrogen-bond donors (Lipinski definition) is 1. The monoisotopic (exact) mass is 469 g/mol. The summed E-state index contributed by atoms with van der Waals surface area (Å²) < 4.78 is 12.8. The summed E-state index contributed by atoms with van der Waals surface area (Å²) in [5, 5.41) is 4.06. The Labute approximate surface area is 203 Å². The number of rotatable bonds is 5. The number of aryl methyl sites for hydroxylation is 1. The zero-order chi connectivity index (χ0) is 24.7. The van der Waals surface area contributed by atoms with Gasteiger partial charge in [-0.3, -0.25) is 9.59 Å². The number of carbonyl (C=O) groups excluding carboxylic acids is 2. The number of likely N-dealkylation sites (N-methyl/N-ethyl adjacent to an activating group) is 1. The van der Waals surface area contributed by atoms with Crippen LogP contribution in [-0.2, 0) is 11.8 Å². The molecule has 2 atom stereocenters. The van der Waals surface area contributed by atoms with Crippen molar-refractivity contribution in [2.45, 2.75) is 12.0 Å². The Morgan fingerprint density at radius 1 is 0.914 bits per heavy atom. The quantitative estimate of drug-likeness (QED) is 0.458. The van der Waals surface area contributed by atoms with Crippen LogP contribution in [0.5, 0.6) is 11.5 Å². The summed E-state index contributed by atoms with van der Waals surface area (Å²) in [6.07, 6.45) is 2.02. The summed E-state index contributed by atoms with van der Waals surface area (Å²) >= 11 is 0. The van der Waals surface area contributed by atoms with Crippen molar-refractivity contribution in [2.24, 2.45) is 7.05 Å². The molecule has 3 aromatic carbocycles. The molecule has 7 heteroatoms. The Hall–Kier alpha value is -4.26. The van der Waals surface area contributed by atoms with Crippen LogP contribution in [0.4, 0.5) is 5.69 Å². The minimum absolute atomic E-state index is 0.107. The van der Waals surface area contributed by atoms with Crippen molar-refractivity contribution in [1.82, 2.24) is 9.47 Å². The van der Waals surface area contributed by atoms with Gasteiger partial charge in [-0.1, -0.05) is 36.4 Å². The number of fused-ring (bicyclic) bond motifs is 2. The Kier molecular flexibility index (Phi) is 5.68. The molecular weight excluding hydrogens is 442 g/mol. The van der Waals surface area contributed by atoms with Crippen LogP contribution in [0.3, 0.4) is 0 Å². The first-order valence-corrected chi connectivity index (χ1v) is 11.4. The Balaban J connectivity index is 1.65. The summed E-state index contributed by atoms with van der Waals surface area (Å²) in [7, 11) is 6.86. The molecule has 0 fully saturated rings. The first-order chi connectivity index (χ1) is 16.9. The van der Waals surface area contributed by atoms with Crippen LogP contribution < -0.4 is 14.8 Å². The first kappa shape index (κ1) is 22.5. The molecule has 1 aliphatic heterocycles. The van der Waals surface area contributed by atoms with Gasteiger partial charge in [-0.05, 0) is 29.8 Å². The fraction of sp³-hybridized carbons (Fsp3) is 0.214. The number of hydrogen-bond acceptors (Lipinski definition) is 4. The fourth-order valence-electron chi connectivity index (χ4n) is 5.07. The lowest BCUT2D eigenvalue weighted by atomic mass is 9.79. The molecule has 2 unspecified atom stereocenters. The molecule has 1 aliphatic rings. The highest BCUT2D eigenvalue weighted by atomic mass is 16.5. The lowest BCUT2D eigenvalue weighted by Crippen LogP contribution is -2.44. The third-order valence-corrected chi connectivity index (χ3v) is 6.78. The lowest BCUT2D eigenvalue weighted by molar-refractivity contribution is -0.119. The van der Waals surface area contributed by atoms with Crippen molar-refractivity contribution in [3.63, 3.8) is 0 Å². The molecule has 0 radical (unpaired) electrons. The highest BCUT2D eigenvalue weighted by Gasteiger charge is 2.43. The predicted octanol–water partition coefficient (Wildman–Crippen LogP) is 4.74. The van der Waals surface area contributed by atoms with Crippen molar-refractivity contribution in [1.29, 1.82) is 0 Å². The average molecular weight is 470 g/mol. The molecule has 1 N–H and O–H groups in total. The van der Waals surface area contributed by atoms with Crippen LogP contribution in [0, 0.1) is 0 Å². The third-order valence-electron chi connectivity index (χ3n) is 6.78. The summed E-state index contributed by atoms with van der Waals surface area (Å²) in [6, 6.07) is 20.1. The molecule has 0 aliphatic carbocycles. The number of nitrogens with zero attached hydrogens (tertiary/aromatic N) is 2. The number of anilines is 1. The molecule has 0 saturated heterocycles. The minimum Gasteiger partial charge on any atom is -0.497 e. The van der Waals surface area contributed by atoms with Gasteiger partial charge in [0.1, 0.15) is 11.5 Å². The average Bonchev–Trinajstić information content (AvgIpc) is 3.22. The molecule has 35 heavy (non-hydrogen) atoms. The molecular formula is C28H27N3O4. The Morgan fingerprint density at radius 2 is 1.66 bits per heavy atom. The summed E-state index contributed by atoms with van der Waals surface area (Å²) in [6.45, 7) is 0. The van der Waals surface area contributed by atoms with Gasteiger partial charge in [0.05, 0.1) is 31.9 Å². The molecule has 1 aromatic heterocycles. The van der Waals surface area contributed by atoms with Gasteiger partial charge in [-0.15, -0.1) is 0 Å². The zero-order valence-electron chi connectivity index (χ0n) is 20.1. The van der Waals surface area contributed by atoms with Gasteiger partial charge in [-0.25, -0.2) is 0 Å². The van der Waals surface area contributed by atoms with E-state index in [1.165, 1.54) is 0 Å². The van der Waals surface area contributed by atoms with Crippen molar-refractivity contribution in [3.05, 3.63) is 89.6 Å². The molecule has 4 aromatic rings. The maximum Gasteiger partial charge on any atom is 0.254 e. The van der Waals surface area contributed by atoms with E-state index in [4.69, 9.17) is 9.47 Å². The van der Waals surface area contributed by atoms with Gasteiger partial charge >= 0.3 is 0 Å². The smallest absolute Gasteiger partial charge is 0.254 e. The van der Waals surface area contributed by atoms with Crippen LogP contribution >= 0.6 is 0 Å². The number of carbonyl (C=O) groups is 2. The van der Waals surface area contributed by atoms with Gasteiger partial charge < -0.3 is 24.3 Å². The van der Waals surface area contributed by atoms with Crippen molar-refractivity contribution in [2.75, 3.05) is 26.6 Å². The number of para-hydroxylation sites is 1. The molecule has 178 valence electrons. The number of nitrogens with one attached hydrogen (secondary N) is 1. The molecule has 2 heterocycles. The number of ether oxygens (including phenoxy) is 2. The van der Waals surface area contributed by atoms with E-state index in [0.717, 1.165) is 16.5 Å². The van der Waals surface area contributed by atoms with Crippen LogP contribution in [0.1, 0.15) is 33.4 Å². The van der Waals surface area contributed by atoms with E-state index < -0.39 is 12.0 Å². The highest BCUT2D eigenvalue weighted by Crippen LogP contribution is 2.45. The normalized spacial score (nSPS) is 17.3. The summed E-state index contributed by atoms with van der Waals surface area (Å²) in [4.78, 5) is 29.1. The van der Waals surface area contributed by atoms with E-state index in [2.05, 4.69) is 5.32 Å². The van der Waals surface area contributed by atoms with Crippen molar-refractivity contribution >= 4 is 28.4 Å². The van der Waals surface area contributed by atoms with Gasteiger partial charge in [0.25, 0.3) is 5.91 Å².